The first-order chi connectivity index (χ1) is 0. The smallest absolute Gasteiger partial charge is 2.00 e. The van der Waals surface area contributed by atoms with E-state index in [0.29, 0.717) is 0 Å². The molecule has 0 N–H and O–H groups in total. The summed E-state index contributed by atoms with van der Waals surface area (Å²) in [5, 5.41) is 0. The standard InChI is InChI=1S/Al.Co.Fe.Ni/q+3;3*+2. The van der Waals surface area contributed by atoms with Gasteiger partial charge in [0.25, 0.3) is 0 Å². The molecule has 4 heavy (non-hydrogen) atoms. The van der Waals surface area contributed by atoms with Crippen LogP contribution in [0.3, 0.4) is 0 Å². The normalized spacial score (nSPS) is 0. The molecule has 0 aromatic heterocycles. The molecule has 4 heteroatoms. The van der Waals surface area contributed by atoms with Crippen LogP contribution in [0.2, 0.25) is 0 Å². The molecule has 0 bridgehead atoms. The van der Waals surface area contributed by atoms with E-state index in [1.807, 2.05) is 0 Å². The van der Waals surface area contributed by atoms with Crippen LogP contribution >= 0.6 is 0 Å². The Morgan fingerprint density at radius 3 is 1.00 bits per heavy atom. The minimum absolute atomic E-state index is 0. The zero-order valence-electron chi connectivity index (χ0n) is 1.58. The van der Waals surface area contributed by atoms with Gasteiger partial charge in [0.05, 0.1) is 0 Å². The molecule has 0 heterocycles. The maximum atomic E-state index is 0. The second kappa shape index (κ2) is 19.7. The molecule has 0 nitrogen and oxygen atoms in total. The van der Waals surface area contributed by atoms with E-state index < -0.39 is 0 Å². The van der Waals surface area contributed by atoms with Crippen molar-refractivity contribution in [2.24, 2.45) is 0 Å². The fourth-order valence-electron chi connectivity index (χ4n) is 0. The van der Waals surface area contributed by atoms with E-state index in [1.54, 1.807) is 0 Å². The van der Waals surface area contributed by atoms with Crippen molar-refractivity contribution in [3.8, 4) is 0 Å². The Bertz CT molecular complexity index is 8.00. The Kier molecular flexibility index (Phi) is 181. The summed E-state index contributed by atoms with van der Waals surface area (Å²) in [6.07, 6.45) is 0. The summed E-state index contributed by atoms with van der Waals surface area (Å²) in [6.45, 7) is 0. The van der Waals surface area contributed by atoms with E-state index in [0.717, 1.165) is 0 Å². The monoisotopic (exact) mass is 200 g/mol. The third kappa shape index (κ3) is 8.96. The predicted molar refractivity (Wildman–Crippen MR) is 5.75 cm³/mol. The Morgan fingerprint density at radius 2 is 1.00 bits per heavy atom. The van der Waals surface area contributed by atoms with E-state index in [1.165, 1.54) is 0 Å². The van der Waals surface area contributed by atoms with E-state index in [4.69, 9.17) is 0 Å². The summed E-state index contributed by atoms with van der Waals surface area (Å²) < 4.78 is 0. The summed E-state index contributed by atoms with van der Waals surface area (Å²) in [5.41, 5.74) is 0. The van der Waals surface area contributed by atoms with Crippen LogP contribution in [0.4, 0.5) is 0 Å². The van der Waals surface area contributed by atoms with E-state index >= 15 is 0 Å². The van der Waals surface area contributed by atoms with Gasteiger partial charge in [-0.15, -0.1) is 0 Å². The van der Waals surface area contributed by atoms with Gasteiger partial charge in [0.2, 0.25) is 0 Å². The van der Waals surface area contributed by atoms with Gasteiger partial charge in [0.1, 0.15) is 0 Å². The second-order valence-corrected chi connectivity index (χ2v) is 0. The van der Waals surface area contributed by atoms with E-state index in [9.17, 15) is 0 Å². The molecule has 0 amide bonds. The molecule has 1 radical (unpaired) electrons. The fourth-order valence-corrected chi connectivity index (χ4v) is 0. The first kappa shape index (κ1) is 36.7. The van der Waals surface area contributed by atoms with Gasteiger partial charge >= 0.3 is 67.7 Å². The quantitative estimate of drug-likeness (QED) is 0.467. The molecule has 0 fully saturated rings. The van der Waals surface area contributed by atoms with Crippen LogP contribution in [0.5, 0.6) is 0 Å². The topological polar surface area (TPSA) is 0 Å². The largest absolute Gasteiger partial charge is 3.00 e. The molecule has 21 valence electrons. The van der Waals surface area contributed by atoms with Gasteiger partial charge in [0, 0.05) is 0 Å². The van der Waals surface area contributed by atoms with Gasteiger partial charge in [-0.3, -0.25) is 0 Å². The molecule has 0 unspecified atom stereocenters. The third-order valence-electron chi connectivity index (χ3n) is 0. The molecule has 0 spiro atoms. The third-order valence-corrected chi connectivity index (χ3v) is 0. The zero-order chi connectivity index (χ0) is 0. The average molecular weight is 200 g/mol. The van der Waals surface area contributed by atoms with Gasteiger partial charge in [0.15, 0.2) is 0 Å². The van der Waals surface area contributed by atoms with Crippen molar-refractivity contribution in [3.63, 3.8) is 0 Å². The maximum absolute atomic E-state index is 0. The fraction of sp³-hybridized carbons (Fsp3) is 0. The maximum Gasteiger partial charge on any atom is 3.00 e. The van der Waals surface area contributed by atoms with Crippen molar-refractivity contribution in [1.29, 1.82) is 0 Å². The molecule has 0 aromatic carbocycles. The van der Waals surface area contributed by atoms with Crippen LogP contribution in [-0.4, -0.2) is 17.4 Å². The number of hydrogen-bond acceptors (Lipinski definition) is 0. The molecular formula is AlCoFeNi+9. The second-order valence-electron chi connectivity index (χ2n) is 0. The van der Waals surface area contributed by atoms with Crippen molar-refractivity contribution < 1.29 is 50.3 Å². The van der Waals surface area contributed by atoms with Crippen LogP contribution in [-0.2, 0) is 50.3 Å². The number of rotatable bonds is 0. The minimum atomic E-state index is 0. The minimum Gasteiger partial charge on any atom is 2.00 e. The van der Waals surface area contributed by atoms with Crippen LogP contribution in [0.25, 0.3) is 0 Å². The predicted octanol–water partition coefficient (Wildman–Crippen LogP) is -0.388. The Morgan fingerprint density at radius 1 is 1.00 bits per heavy atom. The molecule has 0 aromatic rings. The number of hydrogen-bond donors (Lipinski definition) is 0. The summed E-state index contributed by atoms with van der Waals surface area (Å²) in [4.78, 5) is 0. The van der Waals surface area contributed by atoms with Crippen LogP contribution < -0.4 is 0 Å². The summed E-state index contributed by atoms with van der Waals surface area (Å²) in [7, 11) is 0. The average Bonchev–Trinajstić information content (AvgIpc) is 0. The molecule has 0 atom stereocenters. The molecule has 0 rings (SSSR count). The molecule has 0 aliphatic carbocycles. The summed E-state index contributed by atoms with van der Waals surface area (Å²) >= 11 is 0. The van der Waals surface area contributed by atoms with Gasteiger partial charge < -0.3 is 0 Å². The van der Waals surface area contributed by atoms with Crippen molar-refractivity contribution in [3.05, 3.63) is 0 Å². The van der Waals surface area contributed by atoms with Crippen LogP contribution in [0.15, 0.2) is 0 Å². The van der Waals surface area contributed by atoms with E-state index in [-0.39, 0.29) is 67.7 Å². The molecular weight excluding hydrogens is 200 g/mol. The Labute approximate surface area is 67.2 Å². The Hall–Kier alpha value is 2.05. The summed E-state index contributed by atoms with van der Waals surface area (Å²) in [5.74, 6) is 0. The van der Waals surface area contributed by atoms with E-state index in [2.05, 4.69) is 0 Å². The van der Waals surface area contributed by atoms with Crippen molar-refractivity contribution in [2.45, 2.75) is 0 Å². The van der Waals surface area contributed by atoms with Gasteiger partial charge in [-0.2, -0.15) is 0 Å². The van der Waals surface area contributed by atoms with Gasteiger partial charge in [-0.25, -0.2) is 0 Å². The molecule has 0 aliphatic heterocycles. The Balaban J connectivity index is 0. The molecule has 0 aliphatic rings. The molecule has 0 saturated carbocycles. The first-order valence-electron chi connectivity index (χ1n) is 0. The van der Waals surface area contributed by atoms with Crippen molar-refractivity contribution in [1.82, 2.24) is 0 Å². The van der Waals surface area contributed by atoms with Crippen LogP contribution in [0.1, 0.15) is 0 Å². The van der Waals surface area contributed by atoms with Crippen molar-refractivity contribution in [2.75, 3.05) is 0 Å². The SMILES string of the molecule is [Al+3].[Co+2].[Fe+2].[Ni+2]. The van der Waals surface area contributed by atoms with Gasteiger partial charge in [-0.1, -0.05) is 0 Å². The summed E-state index contributed by atoms with van der Waals surface area (Å²) in [6, 6.07) is 0. The van der Waals surface area contributed by atoms with Crippen LogP contribution in [0, 0.1) is 0 Å². The molecule has 0 saturated heterocycles. The zero-order valence-corrected chi connectivity index (χ0v) is 5.87. The van der Waals surface area contributed by atoms with Gasteiger partial charge in [-0.05, 0) is 0 Å². The first-order valence-corrected chi connectivity index (χ1v) is 0. The van der Waals surface area contributed by atoms with Crippen molar-refractivity contribution >= 4 is 17.4 Å².